The van der Waals surface area contributed by atoms with Gasteiger partial charge in [0.1, 0.15) is 11.6 Å². The number of hydrogen-bond acceptors (Lipinski definition) is 7. The first-order valence-corrected chi connectivity index (χ1v) is 10.2. The summed E-state index contributed by atoms with van der Waals surface area (Å²) >= 11 is 4.41. The summed E-state index contributed by atoms with van der Waals surface area (Å²) in [5.41, 5.74) is 7.10. The van der Waals surface area contributed by atoms with Crippen LogP contribution in [-0.2, 0) is 14.1 Å². The Balaban J connectivity index is 1.48. The lowest BCUT2D eigenvalue weighted by atomic mass is 10.2. The topological polar surface area (TPSA) is 85.7 Å². The van der Waals surface area contributed by atoms with Crippen LogP contribution in [0.2, 0.25) is 0 Å². The van der Waals surface area contributed by atoms with Crippen molar-refractivity contribution in [3.05, 3.63) is 44.6 Å². The van der Waals surface area contributed by atoms with Crippen LogP contribution in [0.1, 0.15) is 12.0 Å². The van der Waals surface area contributed by atoms with Crippen molar-refractivity contribution in [2.75, 3.05) is 50.0 Å². The maximum atomic E-state index is 12.1. The zero-order valence-corrected chi connectivity index (χ0v) is 18.1. The van der Waals surface area contributed by atoms with Crippen LogP contribution in [0.25, 0.3) is 0 Å². The molecular weight excluding hydrogens is 390 g/mol. The SMILES string of the molecule is Cc1ccc(OCCCN2CCN(c3cc(=O)n(C)c(=O)n3C)CC2)c(N)c1S. The van der Waals surface area contributed by atoms with Crippen LogP contribution in [0.15, 0.2) is 32.7 Å². The lowest BCUT2D eigenvalue weighted by Gasteiger charge is -2.36. The number of aryl methyl sites for hydroxylation is 1. The second kappa shape index (κ2) is 8.96. The predicted octanol–water partition coefficient (Wildman–Crippen LogP) is 0.854. The molecule has 1 aromatic heterocycles. The molecule has 0 unspecified atom stereocenters. The first-order chi connectivity index (χ1) is 13.8. The molecule has 0 saturated carbocycles. The Labute approximate surface area is 175 Å². The van der Waals surface area contributed by atoms with Gasteiger partial charge in [-0.25, -0.2) is 4.79 Å². The van der Waals surface area contributed by atoms with Gasteiger partial charge in [0.05, 0.1) is 12.3 Å². The molecule has 1 fully saturated rings. The Hall–Kier alpha value is -2.39. The number of anilines is 2. The molecule has 0 atom stereocenters. The Morgan fingerprint density at radius 1 is 1.10 bits per heavy atom. The zero-order chi connectivity index (χ0) is 21.1. The first-order valence-electron chi connectivity index (χ1n) is 9.74. The fourth-order valence-corrected chi connectivity index (χ4v) is 3.70. The van der Waals surface area contributed by atoms with Gasteiger partial charge in [0, 0.05) is 57.8 Å². The van der Waals surface area contributed by atoms with E-state index in [9.17, 15) is 9.59 Å². The second-order valence-electron chi connectivity index (χ2n) is 7.41. The number of ether oxygens (including phenoxy) is 1. The summed E-state index contributed by atoms with van der Waals surface area (Å²) in [6, 6.07) is 5.38. The number of nitrogens with zero attached hydrogens (tertiary/aromatic N) is 4. The van der Waals surface area contributed by atoms with Gasteiger partial charge in [0.15, 0.2) is 0 Å². The minimum Gasteiger partial charge on any atom is -0.491 e. The van der Waals surface area contributed by atoms with Gasteiger partial charge in [0.2, 0.25) is 0 Å². The fraction of sp³-hybridized carbons (Fsp3) is 0.500. The molecule has 8 nitrogen and oxygen atoms in total. The van der Waals surface area contributed by atoms with Crippen molar-refractivity contribution in [3.8, 4) is 5.75 Å². The van der Waals surface area contributed by atoms with Crippen LogP contribution < -0.4 is 26.6 Å². The van der Waals surface area contributed by atoms with E-state index in [0.29, 0.717) is 23.9 Å². The highest BCUT2D eigenvalue weighted by Gasteiger charge is 2.20. The number of rotatable bonds is 6. The quantitative estimate of drug-likeness (QED) is 0.410. The highest BCUT2D eigenvalue weighted by molar-refractivity contribution is 7.80. The van der Waals surface area contributed by atoms with E-state index in [2.05, 4.69) is 22.4 Å². The van der Waals surface area contributed by atoms with Crippen molar-refractivity contribution in [3.63, 3.8) is 0 Å². The number of hydrogen-bond donors (Lipinski definition) is 2. The minimum atomic E-state index is -0.299. The van der Waals surface area contributed by atoms with Crippen molar-refractivity contribution in [2.24, 2.45) is 14.1 Å². The van der Waals surface area contributed by atoms with E-state index in [1.54, 1.807) is 7.05 Å². The molecule has 0 bridgehead atoms. The summed E-state index contributed by atoms with van der Waals surface area (Å²) in [5.74, 6) is 1.36. The van der Waals surface area contributed by atoms with Crippen molar-refractivity contribution in [1.82, 2.24) is 14.0 Å². The number of aromatic nitrogens is 2. The van der Waals surface area contributed by atoms with E-state index in [0.717, 1.165) is 54.2 Å². The standard InChI is InChI=1S/C20H29N5O3S/c1-14-5-6-15(18(21)19(14)29)28-12-4-7-24-8-10-25(11-9-24)16-13-17(26)23(3)20(27)22(16)2/h5-6,13,29H,4,7-12,21H2,1-3H3. The average Bonchev–Trinajstić information content (AvgIpc) is 2.72. The van der Waals surface area contributed by atoms with Crippen molar-refractivity contribution < 1.29 is 4.74 Å². The lowest BCUT2D eigenvalue weighted by molar-refractivity contribution is 0.224. The normalized spacial score (nSPS) is 15.0. The summed E-state index contributed by atoms with van der Waals surface area (Å²) in [7, 11) is 3.20. The number of thiol groups is 1. The van der Waals surface area contributed by atoms with Gasteiger partial charge >= 0.3 is 5.69 Å². The second-order valence-corrected chi connectivity index (χ2v) is 7.86. The van der Waals surface area contributed by atoms with E-state index in [-0.39, 0.29) is 11.2 Å². The van der Waals surface area contributed by atoms with Crippen LogP contribution in [0.5, 0.6) is 5.75 Å². The monoisotopic (exact) mass is 419 g/mol. The van der Waals surface area contributed by atoms with Gasteiger partial charge in [-0.15, -0.1) is 12.6 Å². The predicted molar refractivity (Wildman–Crippen MR) is 119 cm³/mol. The molecule has 1 aliphatic rings. The molecule has 1 aromatic carbocycles. The molecule has 3 rings (SSSR count). The Bertz CT molecular complexity index is 993. The van der Waals surface area contributed by atoms with Crippen LogP contribution in [-0.4, -0.2) is 53.4 Å². The number of nitrogens with two attached hydrogens (primary N) is 1. The third-order valence-corrected chi connectivity index (χ3v) is 6.05. The molecule has 1 aliphatic heterocycles. The fourth-order valence-electron chi connectivity index (χ4n) is 3.52. The Morgan fingerprint density at radius 2 is 1.79 bits per heavy atom. The number of nitrogen functional groups attached to an aromatic ring is 1. The first kappa shape index (κ1) is 21.3. The third kappa shape index (κ3) is 4.62. The smallest absolute Gasteiger partial charge is 0.332 e. The largest absolute Gasteiger partial charge is 0.491 e. The summed E-state index contributed by atoms with van der Waals surface area (Å²) in [4.78, 5) is 29.3. The minimum absolute atomic E-state index is 0.276. The van der Waals surface area contributed by atoms with E-state index in [1.807, 2.05) is 19.1 Å². The van der Waals surface area contributed by atoms with Gasteiger partial charge in [0.25, 0.3) is 5.56 Å². The van der Waals surface area contributed by atoms with Crippen LogP contribution in [0.4, 0.5) is 11.5 Å². The average molecular weight is 420 g/mol. The van der Waals surface area contributed by atoms with Gasteiger partial charge in [-0.05, 0) is 25.0 Å². The van der Waals surface area contributed by atoms with Crippen LogP contribution >= 0.6 is 12.6 Å². The van der Waals surface area contributed by atoms with Crippen molar-refractivity contribution in [1.29, 1.82) is 0 Å². The lowest BCUT2D eigenvalue weighted by Crippen LogP contribution is -2.49. The molecule has 2 aromatic rings. The molecule has 0 aliphatic carbocycles. The molecule has 2 heterocycles. The van der Waals surface area contributed by atoms with Gasteiger partial charge in [-0.3, -0.25) is 18.8 Å². The van der Waals surface area contributed by atoms with Crippen LogP contribution in [0, 0.1) is 6.92 Å². The zero-order valence-electron chi connectivity index (χ0n) is 17.2. The molecule has 1 saturated heterocycles. The highest BCUT2D eigenvalue weighted by Crippen LogP contribution is 2.30. The summed E-state index contributed by atoms with van der Waals surface area (Å²) in [5, 5.41) is 0. The number of piperazine rings is 1. The van der Waals surface area contributed by atoms with E-state index in [4.69, 9.17) is 10.5 Å². The Morgan fingerprint density at radius 3 is 2.48 bits per heavy atom. The van der Waals surface area contributed by atoms with Crippen LogP contribution in [0.3, 0.4) is 0 Å². The highest BCUT2D eigenvalue weighted by atomic mass is 32.1. The van der Waals surface area contributed by atoms with Crippen molar-refractivity contribution >= 4 is 24.1 Å². The van der Waals surface area contributed by atoms with E-state index >= 15 is 0 Å². The van der Waals surface area contributed by atoms with Gasteiger partial charge in [-0.2, -0.15) is 0 Å². The molecule has 0 radical (unpaired) electrons. The Kier molecular flexibility index (Phi) is 6.59. The molecular formula is C20H29N5O3S. The number of benzene rings is 1. The molecule has 29 heavy (non-hydrogen) atoms. The summed E-state index contributed by atoms with van der Waals surface area (Å²) in [6.07, 6.45) is 0.888. The van der Waals surface area contributed by atoms with E-state index < -0.39 is 0 Å². The molecule has 9 heteroatoms. The molecule has 0 amide bonds. The third-order valence-electron chi connectivity index (χ3n) is 5.45. The maximum Gasteiger partial charge on any atom is 0.332 e. The van der Waals surface area contributed by atoms with Gasteiger partial charge in [-0.1, -0.05) is 6.07 Å². The van der Waals surface area contributed by atoms with Crippen molar-refractivity contribution in [2.45, 2.75) is 18.2 Å². The molecule has 2 N–H and O–H groups in total. The molecule has 0 spiro atoms. The van der Waals surface area contributed by atoms with E-state index in [1.165, 1.54) is 17.7 Å². The summed E-state index contributed by atoms with van der Waals surface area (Å²) < 4.78 is 8.48. The summed E-state index contributed by atoms with van der Waals surface area (Å²) in [6.45, 7) is 6.76. The molecule has 158 valence electrons. The van der Waals surface area contributed by atoms with Gasteiger partial charge < -0.3 is 15.4 Å². The maximum absolute atomic E-state index is 12.1.